The number of rotatable bonds is 3. The quantitative estimate of drug-likeness (QED) is 0.549. The van der Waals surface area contributed by atoms with Crippen molar-refractivity contribution in [2.45, 2.75) is 19.3 Å². The van der Waals surface area contributed by atoms with Crippen molar-refractivity contribution >= 4 is 22.4 Å². The molecule has 138 valence electrons. The Labute approximate surface area is 156 Å². The summed E-state index contributed by atoms with van der Waals surface area (Å²) in [6.07, 6.45) is 4.29. The van der Waals surface area contributed by atoms with Crippen LogP contribution < -0.4 is 5.48 Å². The van der Waals surface area contributed by atoms with Crippen LogP contribution in [0.25, 0.3) is 16.5 Å². The smallest absolute Gasteiger partial charge is 0.247 e. The molecule has 1 amide bonds. The number of nitrogens with one attached hydrogen (secondary N) is 1. The number of amides is 1. The number of fused-ring (bicyclic) bond motifs is 1. The normalized spacial score (nSPS) is 19.3. The molecule has 4 rings (SSSR count). The second kappa shape index (κ2) is 6.63. The van der Waals surface area contributed by atoms with Gasteiger partial charge < -0.3 is 0 Å². The summed E-state index contributed by atoms with van der Waals surface area (Å²) in [7, 11) is 1.88. The molecule has 2 aromatic carbocycles. The lowest BCUT2D eigenvalue weighted by Crippen LogP contribution is -2.30. The first kappa shape index (κ1) is 17.4. The van der Waals surface area contributed by atoms with Crippen LogP contribution in [0.2, 0.25) is 0 Å². The van der Waals surface area contributed by atoms with Gasteiger partial charge in [0.2, 0.25) is 5.91 Å². The highest BCUT2D eigenvalue weighted by Gasteiger charge is 2.35. The van der Waals surface area contributed by atoms with Gasteiger partial charge in [0.15, 0.2) is 0 Å². The van der Waals surface area contributed by atoms with E-state index in [-0.39, 0.29) is 11.7 Å². The third kappa shape index (κ3) is 2.92. The van der Waals surface area contributed by atoms with Crippen molar-refractivity contribution in [1.29, 1.82) is 0 Å². The minimum Gasteiger partial charge on any atom is -0.289 e. The molecule has 1 aromatic heterocycles. The van der Waals surface area contributed by atoms with E-state index in [2.05, 4.69) is 5.10 Å². The molecule has 0 bridgehead atoms. The van der Waals surface area contributed by atoms with Gasteiger partial charge in [-0.1, -0.05) is 30.3 Å². The molecule has 1 aliphatic carbocycles. The highest BCUT2D eigenvalue weighted by Crippen LogP contribution is 2.43. The van der Waals surface area contributed by atoms with Crippen LogP contribution >= 0.6 is 0 Å². The van der Waals surface area contributed by atoms with E-state index in [1.165, 1.54) is 6.07 Å². The van der Waals surface area contributed by atoms with Crippen molar-refractivity contribution in [2.24, 2.45) is 13.0 Å². The van der Waals surface area contributed by atoms with Crippen molar-refractivity contribution in [1.82, 2.24) is 15.3 Å². The monoisotopic (exact) mass is 365 g/mol. The van der Waals surface area contributed by atoms with Crippen LogP contribution in [0.1, 0.15) is 29.0 Å². The summed E-state index contributed by atoms with van der Waals surface area (Å²) in [6.45, 7) is 1.71. The van der Waals surface area contributed by atoms with E-state index >= 15 is 0 Å². The van der Waals surface area contributed by atoms with Gasteiger partial charge in [0.05, 0.1) is 17.6 Å². The number of benzene rings is 2. The van der Waals surface area contributed by atoms with Crippen molar-refractivity contribution in [3.63, 3.8) is 0 Å². The number of allylic oxidation sites excluding steroid dienone is 2. The molecule has 6 heteroatoms. The van der Waals surface area contributed by atoms with Gasteiger partial charge in [-0.05, 0) is 47.7 Å². The van der Waals surface area contributed by atoms with Gasteiger partial charge >= 0.3 is 0 Å². The fraction of sp³-hybridized carbons (Fsp3) is 0.238. The molecule has 2 unspecified atom stereocenters. The fourth-order valence-corrected chi connectivity index (χ4v) is 3.95. The molecule has 2 atom stereocenters. The Morgan fingerprint density at radius 3 is 2.93 bits per heavy atom. The van der Waals surface area contributed by atoms with Gasteiger partial charge in [-0.3, -0.25) is 14.7 Å². The second-order valence-corrected chi connectivity index (χ2v) is 7.00. The van der Waals surface area contributed by atoms with Crippen LogP contribution in [0.4, 0.5) is 4.39 Å². The summed E-state index contributed by atoms with van der Waals surface area (Å²) in [5.74, 6) is -1.55. The summed E-state index contributed by atoms with van der Waals surface area (Å²) in [5.41, 5.74) is 6.06. The molecule has 0 fully saturated rings. The summed E-state index contributed by atoms with van der Waals surface area (Å²) < 4.78 is 15.9. The maximum atomic E-state index is 14.1. The zero-order chi connectivity index (χ0) is 19.1. The van der Waals surface area contributed by atoms with Gasteiger partial charge in [-0.2, -0.15) is 5.10 Å². The van der Waals surface area contributed by atoms with E-state index < -0.39 is 11.8 Å². The Bertz CT molecular complexity index is 1070. The van der Waals surface area contributed by atoms with Crippen LogP contribution in [0, 0.1) is 18.7 Å². The minimum absolute atomic E-state index is 0.297. The third-order valence-corrected chi connectivity index (χ3v) is 5.49. The Balaban J connectivity index is 1.80. The average molecular weight is 365 g/mol. The van der Waals surface area contributed by atoms with Gasteiger partial charge in [0.1, 0.15) is 5.82 Å². The highest BCUT2D eigenvalue weighted by atomic mass is 19.1. The van der Waals surface area contributed by atoms with Crippen LogP contribution in [-0.4, -0.2) is 20.9 Å². The number of hydroxylamine groups is 1. The molecule has 27 heavy (non-hydrogen) atoms. The number of hydrogen-bond donors (Lipinski definition) is 2. The fourth-order valence-electron chi connectivity index (χ4n) is 3.95. The Hall–Kier alpha value is -2.99. The van der Waals surface area contributed by atoms with E-state index in [9.17, 15) is 14.4 Å². The number of carbonyl (C=O) groups is 1. The van der Waals surface area contributed by atoms with Gasteiger partial charge in [0, 0.05) is 18.4 Å². The summed E-state index contributed by atoms with van der Waals surface area (Å²) in [5, 5.41) is 14.5. The first-order valence-corrected chi connectivity index (χ1v) is 8.81. The number of hydrogen-bond acceptors (Lipinski definition) is 3. The SMILES string of the molecule is Cc1c(F)cccc1C1C=C(c2ccc3cnn(C)c3c2)CC1C(=O)NO. The second-order valence-electron chi connectivity index (χ2n) is 7.00. The largest absolute Gasteiger partial charge is 0.289 e. The predicted molar refractivity (Wildman–Crippen MR) is 101 cm³/mol. The molecule has 0 saturated carbocycles. The van der Waals surface area contributed by atoms with Crippen molar-refractivity contribution in [3.05, 3.63) is 71.2 Å². The molecule has 1 heterocycles. The molecular formula is C21H20FN3O2. The van der Waals surface area contributed by atoms with Crippen molar-refractivity contribution in [3.8, 4) is 0 Å². The van der Waals surface area contributed by atoms with Crippen LogP contribution in [0.3, 0.4) is 0 Å². The van der Waals surface area contributed by atoms with Crippen LogP contribution in [0.5, 0.6) is 0 Å². The number of nitrogens with zero attached hydrogens (tertiary/aromatic N) is 2. The summed E-state index contributed by atoms with van der Waals surface area (Å²) >= 11 is 0. The van der Waals surface area contributed by atoms with E-state index in [0.29, 0.717) is 12.0 Å². The standard InChI is InChI=1S/C21H20FN3O2/c1-12-16(4-3-5-19(12)22)17-8-15(9-18(17)21(26)24-27)13-6-7-14-11-23-25(2)20(14)10-13/h3-8,10-11,17-18,27H,9H2,1-2H3,(H,24,26). The molecule has 5 nitrogen and oxygen atoms in total. The zero-order valence-corrected chi connectivity index (χ0v) is 15.1. The Kier molecular flexibility index (Phi) is 4.28. The molecule has 3 aromatic rings. The predicted octanol–water partition coefficient (Wildman–Crippen LogP) is 3.71. The number of aromatic nitrogens is 2. The van der Waals surface area contributed by atoms with Crippen LogP contribution in [0.15, 0.2) is 48.7 Å². The molecule has 0 saturated heterocycles. The maximum Gasteiger partial charge on any atom is 0.247 e. The lowest BCUT2D eigenvalue weighted by Gasteiger charge is -2.19. The van der Waals surface area contributed by atoms with Crippen molar-refractivity contribution < 1.29 is 14.4 Å². The van der Waals surface area contributed by atoms with Gasteiger partial charge in [-0.15, -0.1) is 0 Å². The molecule has 0 aliphatic heterocycles. The Morgan fingerprint density at radius 2 is 2.15 bits per heavy atom. The van der Waals surface area contributed by atoms with E-state index in [1.54, 1.807) is 23.2 Å². The number of halogens is 1. The molecule has 2 N–H and O–H groups in total. The Morgan fingerprint density at radius 1 is 1.33 bits per heavy atom. The lowest BCUT2D eigenvalue weighted by molar-refractivity contribution is -0.133. The molecular weight excluding hydrogens is 345 g/mol. The van der Waals surface area contributed by atoms with E-state index in [0.717, 1.165) is 27.6 Å². The first-order chi connectivity index (χ1) is 13.0. The molecule has 0 radical (unpaired) electrons. The van der Waals surface area contributed by atoms with E-state index in [4.69, 9.17) is 0 Å². The minimum atomic E-state index is -0.493. The zero-order valence-electron chi connectivity index (χ0n) is 15.1. The highest BCUT2D eigenvalue weighted by molar-refractivity contribution is 5.88. The van der Waals surface area contributed by atoms with Crippen LogP contribution in [-0.2, 0) is 11.8 Å². The van der Waals surface area contributed by atoms with Gasteiger partial charge in [0.25, 0.3) is 0 Å². The average Bonchev–Trinajstić information content (AvgIpc) is 3.27. The summed E-state index contributed by atoms with van der Waals surface area (Å²) in [6, 6.07) is 11.0. The molecule has 0 spiro atoms. The lowest BCUT2D eigenvalue weighted by atomic mass is 9.85. The van der Waals surface area contributed by atoms with Gasteiger partial charge in [-0.25, -0.2) is 9.87 Å². The van der Waals surface area contributed by atoms with Crippen molar-refractivity contribution in [2.75, 3.05) is 0 Å². The van der Waals surface area contributed by atoms with E-state index in [1.807, 2.05) is 43.6 Å². The topological polar surface area (TPSA) is 67.2 Å². The number of aryl methyl sites for hydroxylation is 1. The summed E-state index contributed by atoms with van der Waals surface area (Å²) in [4.78, 5) is 12.3. The third-order valence-electron chi connectivity index (χ3n) is 5.49. The molecule has 1 aliphatic rings. The number of carbonyl (C=O) groups excluding carboxylic acids is 1. The first-order valence-electron chi connectivity index (χ1n) is 8.81. The maximum absolute atomic E-state index is 14.1.